The fourth-order valence-electron chi connectivity index (χ4n) is 3.30. The number of rotatable bonds is 5. The van der Waals surface area contributed by atoms with Gasteiger partial charge in [-0.2, -0.15) is 0 Å². The Morgan fingerprint density at radius 2 is 1.86 bits per heavy atom. The molecule has 0 saturated carbocycles. The number of benzene rings is 2. The lowest BCUT2D eigenvalue weighted by atomic mass is 10.1. The molecular formula is C23H20N2O3. The van der Waals surface area contributed by atoms with Gasteiger partial charge in [0.1, 0.15) is 5.69 Å². The van der Waals surface area contributed by atoms with E-state index in [1.54, 1.807) is 36.6 Å². The number of hydrogen-bond acceptors (Lipinski definition) is 3. The number of nitrogens with one attached hydrogen (secondary N) is 1. The third-order valence-electron chi connectivity index (χ3n) is 4.87. The summed E-state index contributed by atoms with van der Waals surface area (Å²) in [5.74, 6) is -0.294. The number of ketones is 1. The molecule has 0 fully saturated rings. The predicted molar refractivity (Wildman–Crippen MR) is 109 cm³/mol. The van der Waals surface area contributed by atoms with Gasteiger partial charge in [-0.05, 0) is 37.1 Å². The highest BCUT2D eigenvalue weighted by Crippen LogP contribution is 2.24. The van der Waals surface area contributed by atoms with Gasteiger partial charge in [0.05, 0.1) is 11.8 Å². The number of amides is 1. The minimum Gasteiger partial charge on any atom is -0.463 e. The zero-order valence-electron chi connectivity index (χ0n) is 15.7. The van der Waals surface area contributed by atoms with Gasteiger partial charge in [-0.15, -0.1) is 0 Å². The zero-order valence-corrected chi connectivity index (χ0v) is 15.7. The first-order valence-corrected chi connectivity index (χ1v) is 9.06. The summed E-state index contributed by atoms with van der Waals surface area (Å²) in [5, 5.41) is 2.89. The molecule has 2 aromatic carbocycles. The number of fused-ring (bicyclic) bond motifs is 1. The normalized spacial score (nSPS) is 10.9. The highest BCUT2D eigenvalue weighted by atomic mass is 16.3. The second-order valence-electron chi connectivity index (χ2n) is 6.80. The van der Waals surface area contributed by atoms with Crippen LogP contribution in [-0.4, -0.2) is 16.3 Å². The maximum absolute atomic E-state index is 13.0. The van der Waals surface area contributed by atoms with E-state index in [4.69, 9.17) is 4.42 Å². The van der Waals surface area contributed by atoms with Crippen LogP contribution in [0, 0.1) is 6.92 Å². The number of hydrogen-bond donors (Lipinski definition) is 1. The Bertz CT molecular complexity index is 1180. The van der Waals surface area contributed by atoms with Crippen LogP contribution in [0.1, 0.15) is 38.9 Å². The zero-order chi connectivity index (χ0) is 19.7. The van der Waals surface area contributed by atoms with Crippen molar-refractivity contribution in [3.05, 3.63) is 89.3 Å². The summed E-state index contributed by atoms with van der Waals surface area (Å²) in [7, 11) is 0. The molecule has 1 N–H and O–H groups in total. The molecule has 2 heterocycles. The summed E-state index contributed by atoms with van der Waals surface area (Å²) in [6, 6.07) is 18.6. The summed E-state index contributed by atoms with van der Waals surface area (Å²) in [4.78, 5) is 24.6. The third kappa shape index (κ3) is 3.34. The van der Waals surface area contributed by atoms with Gasteiger partial charge in [-0.3, -0.25) is 9.59 Å². The quantitative estimate of drug-likeness (QED) is 0.499. The van der Waals surface area contributed by atoms with Crippen LogP contribution in [-0.2, 0) is 6.54 Å². The van der Waals surface area contributed by atoms with Gasteiger partial charge in [0.25, 0.3) is 5.91 Å². The van der Waals surface area contributed by atoms with Gasteiger partial charge in [0, 0.05) is 29.9 Å². The Labute approximate surface area is 162 Å². The summed E-state index contributed by atoms with van der Waals surface area (Å²) < 4.78 is 7.46. The molecule has 0 spiro atoms. The molecule has 0 saturated heterocycles. The van der Waals surface area contributed by atoms with E-state index in [0.29, 0.717) is 29.1 Å². The number of anilines is 1. The fraction of sp³-hybridized carbons (Fsp3) is 0.130. The second-order valence-corrected chi connectivity index (χ2v) is 6.80. The van der Waals surface area contributed by atoms with E-state index in [9.17, 15) is 9.59 Å². The molecule has 28 heavy (non-hydrogen) atoms. The molecule has 0 radical (unpaired) electrons. The molecule has 0 bridgehead atoms. The first-order valence-electron chi connectivity index (χ1n) is 9.06. The number of aromatic nitrogens is 1. The van der Waals surface area contributed by atoms with Crippen LogP contribution in [0.25, 0.3) is 11.1 Å². The average molecular weight is 372 g/mol. The van der Waals surface area contributed by atoms with Crippen molar-refractivity contribution in [1.82, 2.24) is 4.57 Å². The van der Waals surface area contributed by atoms with Crippen LogP contribution >= 0.6 is 0 Å². The van der Waals surface area contributed by atoms with E-state index in [0.717, 1.165) is 16.6 Å². The smallest absolute Gasteiger partial charge is 0.272 e. The molecule has 140 valence electrons. The van der Waals surface area contributed by atoms with E-state index in [2.05, 4.69) is 24.4 Å². The lowest BCUT2D eigenvalue weighted by Gasteiger charge is -2.12. The Hall–Kier alpha value is -3.60. The van der Waals surface area contributed by atoms with Crippen molar-refractivity contribution in [2.75, 3.05) is 5.32 Å². The number of furan rings is 1. The minimum atomic E-state index is -0.249. The van der Waals surface area contributed by atoms with Crippen LogP contribution in [0.15, 0.2) is 71.3 Å². The van der Waals surface area contributed by atoms with Gasteiger partial charge in [0.15, 0.2) is 11.4 Å². The first kappa shape index (κ1) is 17.8. The van der Waals surface area contributed by atoms with Crippen molar-refractivity contribution in [3.8, 4) is 0 Å². The molecule has 0 atom stereocenters. The van der Waals surface area contributed by atoms with Crippen LogP contribution in [0.3, 0.4) is 0 Å². The topological polar surface area (TPSA) is 64.2 Å². The van der Waals surface area contributed by atoms with Gasteiger partial charge >= 0.3 is 0 Å². The highest BCUT2D eigenvalue weighted by molar-refractivity contribution is 6.06. The maximum Gasteiger partial charge on any atom is 0.272 e. The highest BCUT2D eigenvalue weighted by Gasteiger charge is 2.18. The average Bonchev–Trinajstić information content (AvgIpc) is 3.26. The van der Waals surface area contributed by atoms with Crippen LogP contribution < -0.4 is 5.32 Å². The van der Waals surface area contributed by atoms with Crippen LogP contribution in [0.2, 0.25) is 0 Å². The van der Waals surface area contributed by atoms with E-state index in [1.807, 2.05) is 22.8 Å². The fourth-order valence-corrected chi connectivity index (χ4v) is 3.30. The molecule has 4 rings (SSSR count). The summed E-state index contributed by atoms with van der Waals surface area (Å²) in [5.41, 5.74) is 5.47. The Balaban J connectivity index is 1.69. The molecule has 0 aliphatic heterocycles. The lowest BCUT2D eigenvalue weighted by molar-refractivity contribution is 0.100. The molecule has 0 unspecified atom stereocenters. The maximum atomic E-state index is 13.0. The van der Waals surface area contributed by atoms with Gasteiger partial charge in [0.2, 0.25) is 0 Å². The summed E-state index contributed by atoms with van der Waals surface area (Å²) in [6.45, 7) is 4.12. The molecule has 4 aromatic rings. The standard InChI is InChI=1S/C23H20N2O3/c1-15-6-3-4-7-18(15)14-25-20-10-11-28-22(20)13-21(25)23(27)24-19-9-5-8-17(12-19)16(2)26/h3-13H,14H2,1-2H3,(H,24,27). The summed E-state index contributed by atoms with van der Waals surface area (Å²) >= 11 is 0. The number of carbonyl (C=O) groups excluding carboxylic acids is 2. The van der Waals surface area contributed by atoms with E-state index >= 15 is 0 Å². The Kier molecular flexibility index (Phi) is 4.57. The van der Waals surface area contributed by atoms with Crippen molar-refractivity contribution in [1.29, 1.82) is 0 Å². The van der Waals surface area contributed by atoms with Gasteiger partial charge in [-0.1, -0.05) is 36.4 Å². The Morgan fingerprint density at radius 3 is 2.64 bits per heavy atom. The molecule has 0 aliphatic carbocycles. The molecule has 1 amide bonds. The largest absolute Gasteiger partial charge is 0.463 e. The Morgan fingerprint density at radius 1 is 1.04 bits per heavy atom. The second kappa shape index (κ2) is 7.19. The van der Waals surface area contributed by atoms with E-state index < -0.39 is 0 Å². The molecule has 2 aromatic heterocycles. The van der Waals surface area contributed by atoms with Crippen molar-refractivity contribution < 1.29 is 14.0 Å². The molecule has 5 nitrogen and oxygen atoms in total. The minimum absolute atomic E-state index is 0.0449. The number of nitrogens with zero attached hydrogens (tertiary/aromatic N) is 1. The van der Waals surface area contributed by atoms with Crippen LogP contribution in [0.4, 0.5) is 5.69 Å². The SMILES string of the molecule is CC(=O)c1cccc(NC(=O)c2cc3occc3n2Cc2ccccc2C)c1. The molecule has 5 heteroatoms. The van der Waals surface area contributed by atoms with Crippen molar-refractivity contribution in [2.24, 2.45) is 0 Å². The van der Waals surface area contributed by atoms with Crippen LogP contribution in [0.5, 0.6) is 0 Å². The third-order valence-corrected chi connectivity index (χ3v) is 4.87. The van der Waals surface area contributed by atoms with Crippen molar-refractivity contribution >= 4 is 28.5 Å². The number of Topliss-reactive ketones (excluding diaryl/α,β-unsaturated/α-hetero) is 1. The molecule has 0 aliphatic rings. The number of aryl methyl sites for hydroxylation is 1. The van der Waals surface area contributed by atoms with Crippen molar-refractivity contribution in [3.63, 3.8) is 0 Å². The summed E-state index contributed by atoms with van der Waals surface area (Å²) in [6.07, 6.45) is 1.62. The monoisotopic (exact) mass is 372 g/mol. The van der Waals surface area contributed by atoms with E-state index in [-0.39, 0.29) is 11.7 Å². The van der Waals surface area contributed by atoms with E-state index in [1.165, 1.54) is 6.92 Å². The van der Waals surface area contributed by atoms with Gasteiger partial charge in [-0.25, -0.2) is 0 Å². The first-order chi connectivity index (χ1) is 13.5. The lowest BCUT2D eigenvalue weighted by Crippen LogP contribution is -2.18. The predicted octanol–water partition coefficient (Wildman–Crippen LogP) is 5.05. The molecular weight excluding hydrogens is 352 g/mol. The number of carbonyl (C=O) groups is 2. The van der Waals surface area contributed by atoms with Gasteiger partial charge < -0.3 is 14.3 Å². The van der Waals surface area contributed by atoms with Crippen molar-refractivity contribution in [2.45, 2.75) is 20.4 Å².